The van der Waals surface area contributed by atoms with E-state index in [1.807, 2.05) is 44.2 Å². The Hall–Kier alpha value is -4.50. The second-order valence-corrected chi connectivity index (χ2v) is 10.4. The maximum Gasteiger partial charge on any atom is 0.352 e. The number of hydrogen-bond donors (Lipinski definition) is 4. The Labute approximate surface area is 221 Å². The van der Waals surface area contributed by atoms with Gasteiger partial charge in [0.25, 0.3) is 5.91 Å². The molecular weight excluding hydrogens is 503 g/mol. The molecule has 0 saturated heterocycles. The van der Waals surface area contributed by atoms with Crippen molar-refractivity contribution in [3.8, 4) is 22.4 Å². The zero-order valence-corrected chi connectivity index (χ0v) is 21.4. The number of H-pyrrole nitrogens is 2. The molecule has 0 aliphatic heterocycles. The molecule has 38 heavy (non-hydrogen) atoms. The summed E-state index contributed by atoms with van der Waals surface area (Å²) in [4.78, 5) is 35.8. The van der Waals surface area contributed by atoms with Crippen molar-refractivity contribution in [1.82, 2.24) is 15.0 Å². The number of carboxylic acid groups (broad SMARTS) is 1. The molecule has 7 nitrogen and oxygen atoms in total. The number of aromatic amines is 2. The summed E-state index contributed by atoms with van der Waals surface area (Å²) in [5, 5.41) is 16.2. The maximum atomic E-state index is 14.6. The standard InChI is InChI=1S/C29H23FN4O3S/c1-14(2)23-24(26(28(36)37)33-25(23)21-12-17(30)13-22-18(21)6-7-31-22)19-5-3-4-15-10-16(11-20(15)19)27(35)34-29-32-8-9-38-29/h3-9,11-14,31,33H,10H2,1-2H3,(H,36,37)(H,32,34,35). The molecule has 9 heteroatoms. The summed E-state index contributed by atoms with van der Waals surface area (Å²) in [5.74, 6) is -1.86. The van der Waals surface area contributed by atoms with Crippen molar-refractivity contribution in [1.29, 1.82) is 0 Å². The molecule has 3 heterocycles. The maximum absolute atomic E-state index is 14.6. The number of benzene rings is 2. The summed E-state index contributed by atoms with van der Waals surface area (Å²) >= 11 is 1.34. The van der Waals surface area contributed by atoms with E-state index in [0.29, 0.717) is 45.0 Å². The third kappa shape index (κ3) is 3.92. The van der Waals surface area contributed by atoms with Crippen LogP contribution in [0.3, 0.4) is 0 Å². The molecule has 1 aliphatic rings. The predicted octanol–water partition coefficient (Wildman–Crippen LogP) is 6.83. The van der Waals surface area contributed by atoms with Gasteiger partial charge < -0.3 is 15.1 Å². The lowest BCUT2D eigenvalue weighted by molar-refractivity contribution is -0.112. The van der Waals surface area contributed by atoms with Crippen LogP contribution in [0.5, 0.6) is 0 Å². The summed E-state index contributed by atoms with van der Waals surface area (Å²) < 4.78 is 14.6. The first-order chi connectivity index (χ1) is 18.3. The Bertz CT molecular complexity index is 1760. The molecule has 6 rings (SSSR count). The third-order valence-electron chi connectivity index (χ3n) is 6.84. The quantitative estimate of drug-likeness (QED) is 0.194. The van der Waals surface area contributed by atoms with E-state index in [9.17, 15) is 19.1 Å². The molecule has 1 amide bonds. The number of carbonyl (C=O) groups excluding carboxylic acids is 1. The fourth-order valence-corrected chi connectivity index (χ4v) is 5.80. The predicted molar refractivity (Wildman–Crippen MR) is 147 cm³/mol. The van der Waals surface area contributed by atoms with Gasteiger partial charge in [0.05, 0.1) is 5.69 Å². The molecule has 0 spiro atoms. The van der Waals surface area contributed by atoms with Crippen LogP contribution >= 0.6 is 11.3 Å². The summed E-state index contributed by atoms with van der Waals surface area (Å²) in [6, 6.07) is 10.4. The normalized spacial score (nSPS) is 12.7. The molecule has 0 bridgehead atoms. The smallest absolute Gasteiger partial charge is 0.352 e. The lowest BCUT2D eigenvalue weighted by Crippen LogP contribution is -2.14. The van der Waals surface area contributed by atoms with E-state index in [2.05, 4.69) is 20.3 Å². The first-order valence-electron chi connectivity index (χ1n) is 12.1. The van der Waals surface area contributed by atoms with E-state index in [0.717, 1.165) is 22.1 Å². The molecule has 0 fully saturated rings. The second kappa shape index (κ2) is 9.11. The number of halogens is 1. The number of aromatic carboxylic acids is 1. The van der Waals surface area contributed by atoms with Crippen LogP contribution in [0.1, 0.15) is 46.9 Å². The number of amides is 1. The first-order valence-corrected chi connectivity index (χ1v) is 13.0. The van der Waals surface area contributed by atoms with Crippen molar-refractivity contribution in [3.05, 3.63) is 87.9 Å². The van der Waals surface area contributed by atoms with Gasteiger partial charge in [-0.1, -0.05) is 32.0 Å². The van der Waals surface area contributed by atoms with Gasteiger partial charge in [-0.3, -0.25) is 10.1 Å². The minimum Gasteiger partial charge on any atom is -0.477 e. The van der Waals surface area contributed by atoms with Crippen LogP contribution in [0.2, 0.25) is 0 Å². The molecule has 0 unspecified atom stereocenters. The van der Waals surface area contributed by atoms with Crippen molar-refractivity contribution >= 4 is 45.3 Å². The molecule has 4 N–H and O–H groups in total. The van der Waals surface area contributed by atoms with Crippen molar-refractivity contribution < 1.29 is 19.1 Å². The number of nitrogens with one attached hydrogen (secondary N) is 3. The van der Waals surface area contributed by atoms with Crippen molar-refractivity contribution in [2.75, 3.05) is 5.32 Å². The highest BCUT2D eigenvalue weighted by Crippen LogP contribution is 2.45. The minimum absolute atomic E-state index is 0.0270. The van der Waals surface area contributed by atoms with Crippen LogP contribution in [-0.2, 0) is 11.2 Å². The van der Waals surface area contributed by atoms with Crippen molar-refractivity contribution in [3.63, 3.8) is 0 Å². The SMILES string of the molecule is CC(C)c1c(-c2cc(F)cc3[nH]ccc23)[nH]c(C(=O)O)c1-c1cccc2c1C=C(C(=O)Nc1nccs1)C2. The third-order valence-corrected chi connectivity index (χ3v) is 7.53. The number of anilines is 1. The van der Waals surface area contributed by atoms with E-state index in [4.69, 9.17) is 0 Å². The van der Waals surface area contributed by atoms with E-state index in [1.165, 1.54) is 23.5 Å². The average molecular weight is 527 g/mol. The molecule has 5 aromatic rings. The van der Waals surface area contributed by atoms with Gasteiger partial charge in [0.2, 0.25) is 0 Å². The topological polar surface area (TPSA) is 111 Å². The Kier molecular flexibility index (Phi) is 5.72. The lowest BCUT2D eigenvalue weighted by atomic mass is 9.87. The summed E-state index contributed by atoms with van der Waals surface area (Å²) in [6.45, 7) is 3.97. The van der Waals surface area contributed by atoms with Crippen LogP contribution < -0.4 is 5.32 Å². The Balaban J connectivity index is 1.55. The molecule has 0 saturated carbocycles. The number of carbonyl (C=O) groups is 2. The molecule has 190 valence electrons. The van der Waals surface area contributed by atoms with Gasteiger partial charge in [-0.25, -0.2) is 14.2 Å². The minimum atomic E-state index is -1.11. The van der Waals surface area contributed by atoms with Gasteiger partial charge in [0.15, 0.2) is 5.13 Å². The molecule has 2 aromatic carbocycles. The summed E-state index contributed by atoms with van der Waals surface area (Å²) in [5.41, 5.74) is 6.15. The van der Waals surface area contributed by atoms with E-state index < -0.39 is 11.8 Å². The number of fused-ring (bicyclic) bond motifs is 2. The number of rotatable bonds is 6. The lowest BCUT2D eigenvalue weighted by Gasteiger charge is -2.15. The van der Waals surface area contributed by atoms with Gasteiger partial charge in [0, 0.05) is 51.8 Å². The Morgan fingerprint density at radius 2 is 2.03 bits per heavy atom. The molecule has 0 atom stereocenters. The zero-order valence-electron chi connectivity index (χ0n) is 20.6. The molecular formula is C29H23FN4O3S. The van der Waals surface area contributed by atoms with Gasteiger partial charge in [0.1, 0.15) is 11.5 Å². The Morgan fingerprint density at radius 1 is 1.18 bits per heavy atom. The zero-order chi connectivity index (χ0) is 26.6. The molecule has 3 aromatic heterocycles. The highest BCUT2D eigenvalue weighted by Gasteiger charge is 2.30. The van der Waals surface area contributed by atoms with Gasteiger partial charge in [-0.15, -0.1) is 11.3 Å². The number of carboxylic acids is 1. The van der Waals surface area contributed by atoms with Crippen LogP contribution in [0, 0.1) is 5.82 Å². The first kappa shape index (κ1) is 23.9. The molecule has 1 aliphatic carbocycles. The van der Waals surface area contributed by atoms with Crippen molar-refractivity contribution in [2.24, 2.45) is 0 Å². The van der Waals surface area contributed by atoms with Gasteiger partial charge >= 0.3 is 5.97 Å². The van der Waals surface area contributed by atoms with Crippen molar-refractivity contribution in [2.45, 2.75) is 26.2 Å². The Morgan fingerprint density at radius 3 is 2.76 bits per heavy atom. The average Bonchev–Trinajstić information content (AvgIpc) is 3.67. The van der Waals surface area contributed by atoms with E-state index in [-0.39, 0.29) is 17.5 Å². The number of thiazole rings is 1. The highest BCUT2D eigenvalue weighted by molar-refractivity contribution is 7.13. The van der Waals surface area contributed by atoms with Crippen LogP contribution in [0.25, 0.3) is 39.4 Å². The number of nitrogens with zero attached hydrogens (tertiary/aromatic N) is 1. The van der Waals surface area contributed by atoms with E-state index >= 15 is 0 Å². The van der Waals surface area contributed by atoms with Gasteiger partial charge in [-0.2, -0.15) is 0 Å². The number of hydrogen-bond acceptors (Lipinski definition) is 4. The van der Waals surface area contributed by atoms with E-state index in [1.54, 1.807) is 17.8 Å². The highest BCUT2D eigenvalue weighted by atomic mass is 32.1. The summed E-state index contributed by atoms with van der Waals surface area (Å²) in [7, 11) is 0. The summed E-state index contributed by atoms with van der Waals surface area (Å²) in [6.07, 6.45) is 5.60. The fraction of sp³-hybridized carbons (Fsp3) is 0.138. The van der Waals surface area contributed by atoms with Crippen LogP contribution in [-0.4, -0.2) is 31.9 Å². The van der Waals surface area contributed by atoms with Gasteiger partial charge in [-0.05, 0) is 52.4 Å². The number of aromatic nitrogens is 3. The van der Waals surface area contributed by atoms with Crippen LogP contribution in [0.15, 0.2) is 59.7 Å². The molecule has 0 radical (unpaired) electrons. The second-order valence-electron chi connectivity index (χ2n) is 9.53. The van der Waals surface area contributed by atoms with Crippen LogP contribution in [0.4, 0.5) is 9.52 Å². The monoisotopic (exact) mass is 526 g/mol. The largest absolute Gasteiger partial charge is 0.477 e. The fourth-order valence-electron chi connectivity index (χ4n) is 5.28.